The summed E-state index contributed by atoms with van der Waals surface area (Å²) in [5, 5.41) is 9.83. The van der Waals surface area contributed by atoms with Gasteiger partial charge in [0.15, 0.2) is 5.78 Å². The summed E-state index contributed by atoms with van der Waals surface area (Å²) >= 11 is 0. The first-order valence-corrected chi connectivity index (χ1v) is 14.1. The fraction of sp³-hybridized carbons (Fsp3) is 0.531. The Morgan fingerprint density at radius 1 is 1.13 bits per heavy atom. The number of carbonyl (C=O) groups is 2. The van der Waals surface area contributed by atoms with Crippen LogP contribution in [-0.2, 0) is 16.0 Å². The molecule has 1 saturated heterocycles. The number of aryl methyl sites for hydroxylation is 1. The number of nitrogens with zero attached hydrogens (tertiary/aromatic N) is 1. The first-order valence-electron chi connectivity index (χ1n) is 14.1. The Morgan fingerprint density at radius 2 is 1.95 bits per heavy atom. The van der Waals surface area contributed by atoms with E-state index in [0.717, 1.165) is 37.7 Å². The molecule has 6 heteroatoms. The lowest BCUT2D eigenvalue weighted by Crippen LogP contribution is -2.41. The van der Waals surface area contributed by atoms with E-state index >= 15 is 0 Å². The fourth-order valence-corrected chi connectivity index (χ4v) is 8.16. The normalized spacial score (nSPS) is 29.5. The highest BCUT2D eigenvalue weighted by Gasteiger charge is 2.52. The lowest BCUT2D eigenvalue weighted by molar-refractivity contribution is -0.155. The molecule has 0 spiro atoms. The van der Waals surface area contributed by atoms with Crippen LogP contribution in [0.15, 0.2) is 42.7 Å². The number of aliphatic carboxylic acids is 1. The van der Waals surface area contributed by atoms with Crippen molar-refractivity contribution >= 4 is 17.3 Å². The van der Waals surface area contributed by atoms with E-state index in [1.807, 2.05) is 6.07 Å². The number of fused-ring (bicyclic) bond motifs is 5. The maximum atomic E-state index is 13.9. The third kappa shape index (κ3) is 4.21. The molecule has 3 aliphatic carbocycles. The maximum Gasteiger partial charge on any atom is 0.309 e. The van der Waals surface area contributed by atoms with Gasteiger partial charge in [-0.15, -0.1) is 0 Å². The molecule has 0 radical (unpaired) electrons. The minimum atomic E-state index is -0.847. The number of carboxylic acid groups (broad SMARTS) is 1. The highest BCUT2D eigenvalue weighted by molar-refractivity contribution is 5.96. The van der Waals surface area contributed by atoms with E-state index in [2.05, 4.69) is 30.1 Å². The third-order valence-corrected chi connectivity index (χ3v) is 10.4. The van der Waals surface area contributed by atoms with E-state index in [-0.39, 0.29) is 23.4 Å². The van der Waals surface area contributed by atoms with Crippen molar-refractivity contribution in [3.63, 3.8) is 0 Å². The molecule has 0 unspecified atom stereocenters. The van der Waals surface area contributed by atoms with Crippen LogP contribution in [-0.4, -0.2) is 35.1 Å². The summed E-state index contributed by atoms with van der Waals surface area (Å²) in [5.74, 6) is 0.519. The number of carboxylic acids is 1. The molecular formula is C32H36FNO4. The quantitative estimate of drug-likeness (QED) is 0.436. The molecule has 4 atom stereocenters. The van der Waals surface area contributed by atoms with Gasteiger partial charge in [-0.05, 0) is 109 Å². The second-order valence-electron chi connectivity index (χ2n) is 12.2. The van der Waals surface area contributed by atoms with Gasteiger partial charge >= 0.3 is 5.97 Å². The second kappa shape index (κ2) is 9.71. The van der Waals surface area contributed by atoms with Crippen molar-refractivity contribution in [3.05, 3.63) is 70.8 Å². The smallest absolute Gasteiger partial charge is 0.309 e. The molecule has 1 N–H and O–H groups in total. The predicted molar refractivity (Wildman–Crippen MR) is 142 cm³/mol. The molecule has 2 fully saturated rings. The average Bonchev–Trinajstić information content (AvgIpc) is 3.29. The number of benzene rings is 1. The number of aromatic nitrogens is 1. The summed E-state index contributed by atoms with van der Waals surface area (Å²) in [6.45, 7) is 3.24. The lowest BCUT2D eigenvalue weighted by Gasteiger charge is -2.50. The van der Waals surface area contributed by atoms with E-state index in [4.69, 9.17) is 4.74 Å². The maximum absolute atomic E-state index is 13.9. The molecule has 1 aromatic heterocycles. The van der Waals surface area contributed by atoms with Gasteiger partial charge < -0.3 is 9.84 Å². The van der Waals surface area contributed by atoms with Crippen molar-refractivity contribution in [2.45, 2.75) is 70.6 Å². The van der Waals surface area contributed by atoms with Crippen LogP contribution in [0.2, 0.25) is 0 Å². The minimum Gasteiger partial charge on any atom is -0.481 e. The van der Waals surface area contributed by atoms with Gasteiger partial charge in [0, 0.05) is 31.4 Å². The summed E-state index contributed by atoms with van der Waals surface area (Å²) < 4.78 is 19.3. The molecule has 1 saturated carbocycles. The standard InChI is InChI=1S/C32H36FNO4/c1-31-10-8-25-24-4-3-21(29(35)9-11-32(30(36)37)12-14-38-15-13-32)16-20(24)2-5-26(25)28(31)7-6-27(31)22-17-23(33)19-34-18-22/h3-4,6,16-19,25-26,28H,2,5,7-15H2,1H3,(H,36,37)/t25-,26-,28+,31-/m1/s1. The van der Waals surface area contributed by atoms with E-state index < -0.39 is 11.4 Å². The van der Waals surface area contributed by atoms with E-state index in [1.54, 1.807) is 12.3 Å². The molecule has 6 rings (SSSR count). The summed E-state index contributed by atoms with van der Waals surface area (Å²) in [6.07, 6.45) is 12.1. The molecule has 2 aromatic rings. The number of ketones is 1. The fourth-order valence-electron chi connectivity index (χ4n) is 8.16. The third-order valence-electron chi connectivity index (χ3n) is 10.4. The molecule has 4 aliphatic rings. The topological polar surface area (TPSA) is 76.5 Å². The van der Waals surface area contributed by atoms with Gasteiger partial charge in [-0.3, -0.25) is 14.6 Å². The monoisotopic (exact) mass is 517 g/mol. The second-order valence-corrected chi connectivity index (χ2v) is 12.2. The van der Waals surface area contributed by atoms with Gasteiger partial charge in [-0.25, -0.2) is 4.39 Å². The summed E-state index contributed by atoms with van der Waals surface area (Å²) in [4.78, 5) is 29.2. The lowest BCUT2D eigenvalue weighted by atomic mass is 9.54. The van der Waals surface area contributed by atoms with E-state index in [0.29, 0.717) is 55.8 Å². The van der Waals surface area contributed by atoms with Gasteiger partial charge in [-0.2, -0.15) is 0 Å². The van der Waals surface area contributed by atoms with Gasteiger partial charge in [0.2, 0.25) is 0 Å². The predicted octanol–water partition coefficient (Wildman–Crippen LogP) is 6.61. The van der Waals surface area contributed by atoms with Crippen molar-refractivity contribution in [2.24, 2.45) is 22.7 Å². The van der Waals surface area contributed by atoms with Crippen LogP contribution in [0.1, 0.15) is 91.3 Å². The number of carbonyl (C=O) groups excluding carboxylic acids is 1. The van der Waals surface area contributed by atoms with Gasteiger partial charge in [-0.1, -0.05) is 25.1 Å². The largest absolute Gasteiger partial charge is 0.481 e. The number of hydrogen-bond donors (Lipinski definition) is 1. The molecule has 0 bridgehead atoms. The summed E-state index contributed by atoms with van der Waals surface area (Å²) in [5.41, 5.74) is 4.72. The highest BCUT2D eigenvalue weighted by atomic mass is 19.1. The van der Waals surface area contributed by atoms with Crippen LogP contribution < -0.4 is 0 Å². The van der Waals surface area contributed by atoms with Crippen molar-refractivity contribution in [1.29, 1.82) is 0 Å². The molecule has 200 valence electrons. The summed E-state index contributed by atoms with van der Waals surface area (Å²) in [7, 11) is 0. The molecule has 38 heavy (non-hydrogen) atoms. The zero-order chi connectivity index (χ0) is 26.5. The van der Waals surface area contributed by atoms with Crippen LogP contribution in [0.5, 0.6) is 0 Å². The van der Waals surface area contributed by atoms with Crippen LogP contribution in [0, 0.1) is 28.5 Å². The molecule has 1 aliphatic heterocycles. The molecular weight excluding hydrogens is 481 g/mol. The number of ether oxygens (including phenoxy) is 1. The summed E-state index contributed by atoms with van der Waals surface area (Å²) in [6, 6.07) is 7.83. The zero-order valence-corrected chi connectivity index (χ0v) is 22.0. The van der Waals surface area contributed by atoms with Gasteiger partial charge in [0.25, 0.3) is 0 Å². The Kier molecular flexibility index (Phi) is 6.50. The van der Waals surface area contributed by atoms with E-state index in [9.17, 15) is 19.1 Å². The first-order chi connectivity index (χ1) is 18.3. The Balaban J connectivity index is 1.17. The molecule has 2 heterocycles. The van der Waals surface area contributed by atoms with Crippen LogP contribution in [0.25, 0.3) is 5.57 Å². The Labute approximate surface area is 223 Å². The SMILES string of the molecule is C[C@]12CC[C@@H]3c4ccc(C(=O)CCC5(C(=O)O)CCOCC5)cc4CC[C@H]3[C@@H]1CC=C2c1cncc(F)c1. The van der Waals surface area contributed by atoms with Crippen molar-refractivity contribution < 1.29 is 23.8 Å². The number of halogens is 1. The highest BCUT2D eigenvalue weighted by Crippen LogP contribution is 2.63. The van der Waals surface area contributed by atoms with Gasteiger partial charge in [0.1, 0.15) is 5.82 Å². The Morgan fingerprint density at radius 3 is 2.71 bits per heavy atom. The zero-order valence-electron chi connectivity index (χ0n) is 22.0. The number of allylic oxidation sites excluding steroid dienone is 2. The first kappa shape index (κ1) is 25.4. The number of hydrogen-bond acceptors (Lipinski definition) is 4. The van der Waals surface area contributed by atoms with Crippen molar-refractivity contribution in [3.8, 4) is 0 Å². The van der Waals surface area contributed by atoms with Crippen LogP contribution >= 0.6 is 0 Å². The molecule has 1 aromatic carbocycles. The number of rotatable bonds is 6. The number of Topliss-reactive ketones (excluding diaryl/α,β-unsaturated/α-hetero) is 1. The Hall–Kier alpha value is -2.86. The van der Waals surface area contributed by atoms with Crippen molar-refractivity contribution in [2.75, 3.05) is 13.2 Å². The van der Waals surface area contributed by atoms with E-state index in [1.165, 1.54) is 22.9 Å². The van der Waals surface area contributed by atoms with Crippen molar-refractivity contribution in [1.82, 2.24) is 4.98 Å². The molecule has 5 nitrogen and oxygen atoms in total. The van der Waals surface area contributed by atoms with Crippen LogP contribution in [0.4, 0.5) is 4.39 Å². The molecule has 0 amide bonds. The minimum absolute atomic E-state index is 0.0339. The number of pyridine rings is 1. The Bertz CT molecular complexity index is 1300. The van der Waals surface area contributed by atoms with Gasteiger partial charge in [0.05, 0.1) is 11.6 Å². The average molecular weight is 518 g/mol. The van der Waals surface area contributed by atoms with Crippen LogP contribution in [0.3, 0.4) is 0 Å².